The van der Waals surface area contributed by atoms with Crippen molar-refractivity contribution >= 4 is 34.2 Å². The predicted octanol–water partition coefficient (Wildman–Crippen LogP) is 1.25. The molecule has 1 saturated heterocycles. The van der Waals surface area contributed by atoms with Crippen LogP contribution in [0.5, 0.6) is 0 Å². The summed E-state index contributed by atoms with van der Waals surface area (Å²) in [4.78, 5) is 41.4. The second kappa shape index (κ2) is 7.47. The van der Waals surface area contributed by atoms with Crippen molar-refractivity contribution in [3.63, 3.8) is 0 Å². The van der Waals surface area contributed by atoms with Crippen LogP contribution in [0, 0.1) is 5.92 Å². The Kier molecular flexibility index (Phi) is 5.13. The molecule has 2 aromatic heterocycles. The Morgan fingerprint density at radius 2 is 2.12 bits per heavy atom. The molecule has 1 aliphatic heterocycles. The Morgan fingerprint density at radius 1 is 1.36 bits per heavy atom. The monoisotopic (exact) mass is 362 g/mol. The van der Waals surface area contributed by atoms with Gasteiger partial charge >= 0.3 is 0 Å². The lowest BCUT2D eigenvalue weighted by atomic mass is 9.96. The lowest BCUT2D eigenvalue weighted by Gasteiger charge is -2.30. The van der Waals surface area contributed by atoms with Crippen LogP contribution in [-0.2, 0) is 16.0 Å². The van der Waals surface area contributed by atoms with Crippen molar-refractivity contribution in [2.75, 3.05) is 18.4 Å². The summed E-state index contributed by atoms with van der Waals surface area (Å²) >= 11 is 1.25. The third kappa shape index (κ3) is 4.24. The fourth-order valence-corrected chi connectivity index (χ4v) is 3.40. The number of primary amides is 1. The molecular formula is C16H18N4O4S. The largest absolute Gasteiger partial charge is 0.459 e. The highest BCUT2D eigenvalue weighted by Gasteiger charge is 2.26. The second-order valence-electron chi connectivity index (χ2n) is 5.81. The molecule has 0 atom stereocenters. The summed E-state index contributed by atoms with van der Waals surface area (Å²) in [5.74, 6) is -0.677. The molecule has 3 rings (SSSR count). The number of carbonyl (C=O) groups is 3. The van der Waals surface area contributed by atoms with Crippen molar-refractivity contribution in [1.29, 1.82) is 0 Å². The van der Waals surface area contributed by atoms with Crippen LogP contribution in [0.15, 0.2) is 28.2 Å². The number of hydrogen-bond donors (Lipinski definition) is 2. The van der Waals surface area contributed by atoms with E-state index < -0.39 is 0 Å². The molecule has 0 aromatic carbocycles. The number of hydrogen-bond acceptors (Lipinski definition) is 6. The Bertz CT molecular complexity index is 763. The number of likely N-dealkylation sites (tertiary alicyclic amines) is 1. The topological polar surface area (TPSA) is 119 Å². The molecule has 3 amide bonds. The number of carbonyl (C=O) groups excluding carboxylic acids is 3. The van der Waals surface area contributed by atoms with Gasteiger partial charge in [0.15, 0.2) is 10.9 Å². The summed E-state index contributed by atoms with van der Waals surface area (Å²) < 4.78 is 5.01. The summed E-state index contributed by atoms with van der Waals surface area (Å²) in [5.41, 5.74) is 5.90. The van der Waals surface area contributed by atoms with Crippen LogP contribution in [0.25, 0.3) is 0 Å². The number of thiazole rings is 1. The van der Waals surface area contributed by atoms with E-state index in [1.54, 1.807) is 22.4 Å². The van der Waals surface area contributed by atoms with Gasteiger partial charge in [0.2, 0.25) is 11.8 Å². The molecule has 0 aliphatic carbocycles. The minimum Gasteiger partial charge on any atom is -0.459 e. The summed E-state index contributed by atoms with van der Waals surface area (Å²) in [7, 11) is 0. The first-order chi connectivity index (χ1) is 12.0. The van der Waals surface area contributed by atoms with Crippen molar-refractivity contribution in [3.05, 3.63) is 35.2 Å². The number of nitrogens with two attached hydrogens (primary N) is 1. The Hall–Kier alpha value is -2.68. The minimum atomic E-state index is -0.384. The number of nitrogens with zero attached hydrogens (tertiary/aromatic N) is 2. The first-order valence-electron chi connectivity index (χ1n) is 7.89. The summed E-state index contributed by atoms with van der Waals surface area (Å²) in [6.07, 6.45) is 2.78. The SMILES string of the molecule is NC(=O)C1CCN(C(=O)Cc2csc(NC(=O)c3ccco3)n2)CC1. The van der Waals surface area contributed by atoms with Crippen molar-refractivity contribution in [3.8, 4) is 0 Å². The fraction of sp³-hybridized carbons (Fsp3) is 0.375. The zero-order valence-electron chi connectivity index (χ0n) is 13.4. The Balaban J connectivity index is 1.52. The van der Waals surface area contributed by atoms with Crippen LogP contribution < -0.4 is 11.1 Å². The molecule has 3 N–H and O–H groups in total. The number of amides is 3. The second-order valence-corrected chi connectivity index (χ2v) is 6.67. The van der Waals surface area contributed by atoms with Gasteiger partial charge in [0.25, 0.3) is 5.91 Å². The highest BCUT2D eigenvalue weighted by atomic mass is 32.1. The number of nitrogens with one attached hydrogen (secondary N) is 1. The van der Waals surface area contributed by atoms with Gasteiger partial charge in [-0.15, -0.1) is 11.3 Å². The molecule has 1 aliphatic rings. The van der Waals surface area contributed by atoms with Crippen LogP contribution in [-0.4, -0.2) is 40.7 Å². The smallest absolute Gasteiger partial charge is 0.293 e. The summed E-state index contributed by atoms with van der Waals surface area (Å²) in [5, 5.41) is 4.79. The number of piperidine rings is 1. The molecule has 25 heavy (non-hydrogen) atoms. The first kappa shape index (κ1) is 17.2. The van der Waals surface area contributed by atoms with Crippen LogP contribution in [0.1, 0.15) is 29.1 Å². The average Bonchev–Trinajstić information content (AvgIpc) is 3.27. The van der Waals surface area contributed by atoms with Gasteiger partial charge in [-0.2, -0.15) is 0 Å². The summed E-state index contributed by atoms with van der Waals surface area (Å²) in [6, 6.07) is 3.19. The predicted molar refractivity (Wildman–Crippen MR) is 91.0 cm³/mol. The van der Waals surface area contributed by atoms with Gasteiger partial charge in [-0.3, -0.25) is 19.7 Å². The molecule has 0 saturated carbocycles. The van der Waals surface area contributed by atoms with E-state index in [0.717, 1.165) is 0 Å². The number of anilines is 1. The first-order valence-corrected chi connectivity index (χ1v) is 8.77. The van der Waals surface area contributed by atoms with Crippen molar-refractivity contribution in [2.24, 2.45) is 11.7 Å². The molecule has 1 fully saturated rings. The van der Waals surface area contributed by atoms with E-state index in [2.05, 4.69) is 10.3 Å². The van der Waals surface area contributed by atoms with Gasteiger partial charge in [0.05, 0.1) is 18.4 Å². The Labute approximate surface area is 148 Å². The van der Waals surface area contributed by atoms with Crippen molar-refractivity contribution in [1.82, 2.24) is 9.88 Å². The molecule has 2 aromatic rings. The van der Waals surface area contributed by atoms with Gasteiger partial charge < -0.3 is 15.1 Å². The van der Waals surface area contributed by atoms with E-state index in [9.17, 15) is 14.4 Å². The normalized spacial score (nSPS) is 15.1. The third-order valence-corrected chi connectivity index (χ3v) is 4.91. The zero-order valence-corrected chi connectivity index (χ0v) is 14.3. The van der Waals surface area contributed by atoms with Crippen LogP contribution in [0.3, 0.4) is 0 Å². The van der Waals surface area contributed by atoms with E-state index in [0.29, 0.717) is 36.8 Å². The fourth-order valence-electron chi connectivity index (χ4n) is 2.69. The van der Waals surface area contributed by atoms with E-state index in [1.807, 2.05) is 0 Å². The standard InChI is InChI=1S/C16H18N4O4S/c17-14(22)10-3-5-20(6-4-10)13(21)8-11-9-25-16(18-11)19-15(23)12-2-1-7-24-12/h1-2,7,9-10H,3-6,8H2,(H2,17,22)(H,18,19,23). The van der Waals surface area contributed by atoms with Crippen LogP contribution in [0.4, 0.5) is 5.13 Å². The molecule has 0 unspecified atom stereocenters. The van der Waals surface area contributed by atoms with Gasteiger partial charge in [0.1, 0.15) is 0 Å². The van der Waals surface area contributed by atoms with E-state index >= 15 is 0 Å². The maximum absolute atomic E-state index is 12.3. The lowest BCUT2D eigenvalue weighted by Crippen LogP contribution is -2.42. The highest BCUT2D eigenvalue weighted by molar-refractivity contribution is 7.14. The molecule has 3 heterocycles. The van der Waals surface area contributed by atoms with Gasteiger partial charge in [0, 0.05) is 24.4 Å². The number of furan rings is 1. The average molecular weight is 362 g/mol. The number of aromatic nitrogens is 1. The number of rotatable bonds is 5. The minimum absolute atomic E-state index is 0.0443. The van der Waals surface area contributed by atoms with E-state index in [-0.39, 0.29) is 35.8 Å². The van der Waals surface area contributed by atoms with Crippen LogP contribution >= 0.6 is 11.3 Å². The van der Waals surface area contributed by atoms with Gasteiger partial charge in [-0.1, -0.05) is 0 Å². The molecular weight excluding hydrogens is 344 g/mol. The quantitative estimate of drug-likeness (QED) is 0.830. The maximum atomic E-state index is 12.3. The summed E-state index contributed by atoms with van der Waals surface area (Å²) in [6.45, 7) is 1.05. The van der Waals surface area contributed by atoms with Gasteiger partial charge in [-0.05, 0) is 25.0 Å². The molecule has 8 nitrogen and oxygen atoms in total. The molecule has 0 radical (unpaired) electrons. The van der Waals surface area contributed by atoms with E-state index in [1.165, 1.54) is 17.6 Å². The Morgan fingerprint density at radius 3 is 2.76 bits per heavy atom. The van der Waals surface area contributed by atoms with Crippen molar-refractivity contribution in [2.45, 2.75) is 19.3 Å². The lowest BCUT2D eigenvalue weighted by molar-refractivity contribution is -0.134. The van der Waals surface area contributed by atoms with Crippen molar-refractivity contribution < 1.29 is 18.8 Å². The highest BCUT2D eigenvalue weighted by Crippen LogP contribution is 2.20. The maximum Gasteiger partial charge on any atom is 0.293 e. The molecule has 0 spiro atoms. The zero-order chi connectivity index (χ0) is 17.8. The molecule has 132 valence electrons. The van der Waals surface area contributed by atoms with Crippen LogP contribution in [0.2, 0.25) is 0 Å². The molecule has 9 heteroatoms. The third-order valence-electron chi connectivity index (χ3n) is 4.10. The van der Waals surface area contributed by atoms with E-state index in [4.69, 9.17) is 10.2 Å². The molecule has 0 bridgehead atoms. The van der Waals surface area contributed by atoms with Gasteiger partial charge in [-0.25, -0.2) is 4.98 Å².